The monoisotopic (exact) mass is 1040 g/mol. The van der Waals surface area contributed by atoms with Gasteiger partial charge in [0.2, 0.25) is 0 Å². The van der Waals surface area contributed by atoms with Gasteiger partial charge in [0.05, 0.1) is 16.8 Å². The van der Waals surface area contributed by atoms with Crippen molar-refractivity contribution in [3.05, 3.63) is 288 Å². The third-order valence-electron chi connectivity index (χ3n) is 17.9. The maximum atomic E-state index is 7.00. The Morgan fingerprint density at radius 2 is 0.790 bits per heavy atom. The number of furan rings is 2. The van der Waals surface area contributed by atoms with E-state index < -0.39 is 5.41 Å². The topological polar surface area (TPSA) is 32.8 Å². The lowest BCUT2D eigenvalue weighted by molar-refractivity contribution is 0.663. The number of nitrogens with zero attached hydrogens (tertiary/aromatic N) is 2. The molecule has 4 heteroatoms. The van der Waals surface area contributed by atoms with Gasteiger partial charge in [0.25, 0.3) is 0 Å². The van der Waals surface area contributed by atoms with Crippen LogP contribution in [0, 0.1) is 0 Å². The van der Waals surface area contributed by atoms with Crippen molar-refractivity contribution in [2.24, 2.45) is 0 Å². The van der Waals surface area contributed by atoms with Gasteiger partial charge in [-0.2, -0.15) is 0 Å². The van der Waals surface area contributed by atoms with Gasteiger partial charge in [-0.3, -0.25) is 0 Å². The highest BCUT2D eigenvalue weighted by molar-refractivity contribution is 6.22. The zero-order chi connectivity index (χ0) is 53.5. The molecule has 17 rings (SSSR count). The molecule has 13 aromatic carbocycles. The van der Waals surface area contributed by atoms with Crippen LogP contribution in [-0.2, 0) is 18.3 Å². The van der Waals surface area contributed by atoms with Crippen LogP contribution in [0.1, 0.15) is 47.2 Å². The molecule has 0 amide bonds. The number of fused-ring (bicyclic) bond motifs is 22. The summed E-state index contributed by atoms with van der Waals surface area (Å²) in [5, 5.41) is 11.8. The molecule has 0 N–H and O–H groups in total. The van der Waals surface area contributed by atoms with Gasteiger partial charge in [0, 0.05) is 44.3 Å². The quantitative estimate of drug-likeness (QED) is 0.142. The van der Waals surface area contributed by atoms with Crippen LogP contribution in [0.25, 0.3) is 98.4 Å². The predicted molar refractivity (Wildman–Crippen MR) is 338 cm³/mol. The highest BCUT2D eigenvalue weighted by atomic mass is 16.3. The van der Waals surface area contributed by atoms with Crippen LogP contribution in [0.2, 0.25) is 0 Å². The smallest absolute Gasteiger partial charge is 0.159 e. The molecular formula is C77H52N2O2. The normalized spacial score (nSPS) is 13.0. The average Bonchev–Trinajstić information content (AvgIpc) is 2.14. The Hall–Kier alpha value is -10.2. The zero-order valence-electron chi connectivity index (χ0n) is 44.9. The van der Waals surface area contributed by atoms with Gasteiger partial charge in [0.1, 0.15) is 11.2 Å². The van der Waals surface area contributed by atoms with Crippen molar-refractivity contribution in [3.8, 4) is 22.3 Å². The van der Waals surface area contributed by atoms with Crippen LogP contribution in [0.15, 0.2) is 264 Å². The highest BCUT2D eigenvalue weighted by Crippen LogP contribution is 2.66. The van der Waals surface area contributed by atoms with E-state index in [1.54, 1.807) is 0 Å². The number of anilines is 6. The summed E-state index contributed by atoms with van der Waals surface area (Å²) in [6.45, 7) is 4.40. The molecule has 382 valence electrons. The minimum Gasteiger partial charge on any atom is -0.454 e. The lowest BCUT2D eigenvalue weighted by Gasteiger charge is -2.32. The van der Waals surface area contributed by atoms with Crippen LogP contribution in [0.3, 0.4) is 0 Å². The molecule has 0 aliphatic heterocycles. The third kappa shape index (κ3) is 6.36. The van der Waals surface area contributed by atoms with Crippen molar-refractivity contribution >= 4 is 110 Å². The molecule has 0 atom stereocenters. The fraction of sp³-hybridized carbons (Fsp3) is 0.0649. The van der Waals surface area contributed by atoms with E-state index in [-0.39, 0.29) is 0 Å². The third-order valence-corrected chi connectivity index (χ3v) is 17.9. The summed E-state index contributed by atoms with van der Waals surface area (Å²) in [7, 11) is 0. The second-order valence-corrected chi connectivity index (χ2v) is 21.9. The van der Waals surface area contributed by atoms with Gasteiger partial charge in [0.15, 0.2) is 11.2 Å². The van der Waals surface area contributed by atoms with Gasteiger partial charge in [-0.1, -0.05) is 196 Å². The lowest BCUT2D eigenvalue weighted by atomic mass is 9.69. The Bertz CT molecular complexity index is 5060. The minimum absolute atomic E-state index is 0.641. The standard InChI is InChI=1S/C77H52N2O2/c1-3-47-21-17-31-60-62-33-19-37-69(75(62)80-73(47)60)78(51-23-7-5-8-24-51)53-40-39-49-44-65-68(45-50(49)43-53)77(66-35-15-13-28-56(66)57-29-14-16-36-67(57)77)72-59-42-41-54(46-64(59)55-27-11-12-30-58(55)71(65)72)79(52-25-9-6-10-26-52)70-38-20-34-63-61-32-18-22-48(4-2)74(61)81-76(63)70/h5-46H,3-4H2,1-2H3. The molecule has 0 radical (unpaired) electrons. The van der Waals surface area contributed by atoms with Gasteiger partial charge in [-0.15, -0.1) is 0 Å². The molecule has 2 aliphatic carbocycles. The first kappa shape index (κ1) is 45.8. The highest BCUT2D eigenvalue weighted by Gasteiger charge is 2.53. The number of hydrogen-bond donors (Lipinski definition) is 0. The summed E-state index contributed by atoms with van der Waals surface area (Å²) < 4.78 is 14.0. The molecule has 1 spiro atoms. The second-order valence-electron chi connectivity index (χ2n) is 21.9. The molecule has 15 aromatic rings. The molecule has 0 saturated heterocycles. The maximum Gasteiger partial charge on any atom is 0.159 e. The SMILES string of the molecule is CCc1cccc2c1oc1c(N(c3ccccc3)c3ccc4cc5c(cc4c3)C3(c4ccccc4-c4ccccc43)c3c-5c4ccccc4c4cc(N(c5ccccc5)c5cccc6c5oc5c(CC)cccc56)ccc34)cccc12. The molecule has 81 heavy (non-hydrogen) atoms. The Morgan fingerprint density at radius 1 is 0.309 bits per heavy atom. The van der Waals surface area contributed by atoms with E-state index in [1.165, 1.54) is 88.0 Å². The Morgan fingerprint density at radius 3 is 1.37 bits per heavy atom. The van der Waals surface area contributed by atoms with Crippen molar-refractivity contribution in [2.75, 3.05) is 9.80 Å². The Balaban J connectivity index is 0.927. The Kier molecular flexibility index (Phi) is 9.85. The minimum atomic E-state index is -0.641. The van der Waals surface area contributed by atoms with Crippen molar-refractivity contribution in [2.45, 2.75) is 32.1 Å². The largest absolute Gasteiger partial charge is 0.454 e. The number of benzene rings is 13. The first-order valence-corrected chi connectivity index (χ1v) is 28.4. The first-order chi connectivity index (χ1) is 40.1. The Labute approximate surface area is 469 Å². The number of aryl methyl sites for hydroxylation is 2. The number of hydrogen-bond acceptors (Lipinski definition) is 4. The summed E-state index contributed by atoms with van der Waals surface area (Å²) in [6.07, 6.45) is 1.79. The molecule has 0 unspecified atom stereocenters. The first-order valence-electron chi connectivity index (χ1n) is 28.4. The summed E-state index contributed by atoms with van der Waals surface area (Å²) >= 11 is 0. The van der Waals surface area contributed by atoms with Crippen LogP contribution >= 0.6 is 0 Å². The van der Waals surface area contributed by atoms with Crippen LogP contribution in [0.4, 0.5) is 34.1 Å². The van der Waals surface area contributed by atoms with Crippen molar-refractivity contribution in [1.82, 2.24) is 0 Å². The fourth-order valence-electron chi connectivity index (χ4n) is 14.5. The van der Waals surface area contributed by atoms with E-state index in [4.69, 9.17) is 8.83 Å². The molecular weight excluding hydrogens is 985 g/mol. The molecule has 2 heterocycles. The summed E-state index contributed by atoms with van der Waals surface area (Å²) in [6, 6.07) is 94.5. The summed E-state index contributed by atoms with van der Waals surface area (Å²) in [4.78, 5) is 4.77. The molecule has 0 fully saturated rings. The predicted octanol–water partition coefficient (Wildman–Crippen LogP) is 21.4. The van der Waals surface area contributed by atoms with Crippen LogP contribution in [-0.4, -0.2) is 0 Å². The van der Waals surface area contributed by atoms with E-state index in [9.17, 15) is 0 Å². The molecule has 0 saturated carbocycles. The van der Waals surface area contributed by atoms with Crippen molar-refractivity contribution < 1.29 is 8.83 Å². The second kappa shape index (κ2) is 17.4. The zero-order valence-corrected chi connectivity index (χ0v) is 44.9. The van der Waals surface area contributed by atoms with E-state index in [0.29, 0.717) is 0 Å². The van der Waals surface area contributed by atoms with E-state index in [1.807, 2.05) is 0 Å². The number of rotatable bonds is 8. The van der Waals surface area contributed by atoms with Gasteiger partial charge < -0.3 is 18.6 Å². The van der Waals surface area contributed by atoms with Gasteiger partial charge >= 0.3 is 0 Å². The summed E-state index contributed by atoms with van der Waals surface area (Å²) in [5.41, 5.74) is 22.1. The van der Waals surface area contributed by atoms with E-state index in [0.717, 1.165) is 90.8 Å². The van der Waals surface area contributed by atoms with Crippen LogP contribution < -0.4 is 9.80 Å². The molecule has 0 bridgehead atoms. The van der Waals surface area contributed by atoms with Gasteiger partial charge in [-0.25, -0.2) is 0 Å². The van der Waals surface area contributed by atoms with Crippen molar-refractivity contribution in [3.63, 3.8) is 0 Å². The van der Waals surface area contributed by atoms with E-state index >= 15 is 0 Å². The molecule has 2 aromatic heterocycles. The van der Waals surface area contributed by atoms with Crippen molar-refractivity contribution in [1.29, 1.82) is 0 Å². The fourth-order valence-corrected chi connectivity index (χ4v) is 14.5. The average molecular weight is 1040 g/mol. The maximum absolute atomic E-state index is 7.00. The summed E-state index contributed by atoms with van der Waals surface area (Å²) in [5.74, 6) is 0. The number of para-hydroxylation sites is 6. The van der Waals surface area contributed by atoms with Crippen LogP contribution in [0.5, 0.6) is 0 Å². The van der Waals surface area contributed by atoms with E-state index in [2.05, 4.69) is 278 Å². The van der Waals surface area contributed by atoms with Gasteiger partial charge in [-0.05, 0) is 174 Å². The molecule has 4 nitrogen and oxygen atoms in total. The molecule has 2 aliphatic rings. The lowest BCUT2D eigenvalue weighted by Crippen LogP contribution is -2.26.